The van der Waals surface area contributed by atoms with Crippen LogP contribution in [0.3, 0.4) is 0 Å². The Balaban J connectivity index is 1.86. The third-order valence-electron chi connectivity index (χ3n) is 5.33. The molecular weight excluding hydrogens is 283 g/mol. The number of aromatic hydroxyl groups is 1. The van der Waals surface area contributed by atoms with E-state index in [1.807, 2.05) is 0 Å². The molecule has 5 atom stereocenters. The Morgan fingerprint density at radius 1 is 1.36 bits per heavy atom. The number of alkyl halides is 1. The number of hydrogen-bond acceptors (Lipinski definition) is 3. The molecule has 1 N–H and O–H groups in total. The Hall–Kier alpha value is -1.29. The predicted octanol–water partition coefficient (Wildman–Crippen LogP) is 4.40. The third-order valence-corrected chi connectivity index (χ3v) is 5.33. The summed E-state index contributed by atoms with van der Waals surface area (Å²) in [5, 5.41) is 9.72. The molecule has 22 heavy (non-hydrogen) atoms. The number of ether oxygens (including phenoxy) is 2. The van der Waals surface area contributed by atoms with Crippen molar-refractivity contribution in [2.75, 3.05) is 7.11 Å². The average Bonchev–Trinajstić information content (AvgIpc) is 2.46. The molecule has 1 aliphatic heterocycles. The van der Waals surface area contributed by atoms with Crippen LogP contribution in [0.2, 0.25) is 0 Å². The smallest absolute Gasteiger partial charge is 0.160 e. The van der Waals surface area contributed by atoms with Gasteiger partial charge in [-0.05, 0) is 43.4 Å². The maximum atomic E-state index is 15.2. The number of phenols is 1. The SMILES string of the molecule is COc1cc([C@H]2CC(C)(F)[C@@H]3CC[C@@H](C)C[C@H]3O2)ccc1O. The van der Waals surface area contributed by atoms with E-state index >= 15 is 4.39 Å². The Morgan fingerprint density at radius 3 is 2.86 bits per heavy atom. The Bertz CT molecular complexity index is 543. The van der Waals surface area contributed by atoms with Gasteiger partial charge in [-0.1, -0.05) is 19.4 Å². The van der Waals surface area contributed by atoms with Crippen LogP contribution < -0.4 is 4.74 Å². The van der Waals surface area contributed by atoms with E-state index in [1.54, 1.807) is 25.1 Å². The number of hydrogen-bond donors (Lipinski definition) is 1. The fraction of sp³-hybridized carbons (Fsp3) is 0.667. The third kappa shape index (κ3) is 2.81. The van der Waals surface area contributed by atoms with Crippen molar-refractivity contribution in [2.24, 2.45) is 11.8 Å². The molecule has 1 unspecified atom stereocenters. The Kier molecular flexibility index (Phi) is 4.06. The van der Waals surface area contributed by atoms with E-state index in [-0.39, 0.29) is 23.9 Å². The van der Waals surface area contributed by atoms with E-state index in [9.17, 15) is 5.11 Å². The van der Waals surface area contributed by atoms with Crippen LogP contribution >= 0.6 is 0 Å². The molecule has 1 aromatic carbocycles. The Labute approximate surface area is 131 Å². The van der Waals surface area contributed by atoms with Crippen molar-refractivity contribution < 1.29 is 19.0 Å². The molecule has 2 fully saturated rings. The molecule has 0 amide bonds. The summed E-state index contributed by atoms with van der Waals surface area (Å²) >= 11 is 0. The summed E-state index contributed by atoms with van der Waals surface area (Å²) in [4.78, 5) is 0. The summed E-state index contributed by atoms with van der Waals surface area (Å²) in [5.74, 6) is 1.08. The highest BCUT2D eigenvalue weighted by Crippen LogP contribution is 2.50. The first kappa shape index (κ1) is 15.6. The van der Waals surface area contributed by atoms with Gasteiger partial charge in [-0.15, -0.1) is 0 Å². The highest BCUT2D eigenvalue weighted by molar-refractivity contribution is 5.42. The molecule has 1 saturated carbocycles. The molecule has 0 spiro atoms. The van der Waals surface area contributed by atoms with Crippen molar-refractivity contribution in [1.82, 2.24) is 0 Å². The molecule has 2 aliphatic rings. The monoisotopic (exact) mass is 308 g/mol. The zero-order chi connectivity index (χ0) is 15.9. The first-order valence-corrected chi connectivity index (χ1v) is 8.12. The minimum Gasteiger partial charge on any atom is -0.504 e. The fourth-order valence-corrected chi connectivity index (χ4v) is 4.03. The van der Waals surface area contributed by atoms with Crippen LogP contribution in [0.4, 0.5) is 4.39 Å². The molecule has 1 aliphatic carbocycles. The minimum atomic E-state index is -1.21. The van der Waals surface area contributed by atoms with Crippen molar-refractivity contribution in [3.05, 3.63) is 23.8 Å². The summed E-state index contributed by atoms with van der Waals surface area (Å²) in [5.41, 5.74) is -0.339. The van der Waals surface area contributed by atoms with E-state index in [0.717, 1.165) is 24.8 Å². The predicted molar refractivity (Wildman–Crippen MR) is 82.9 cm³/mol. The fourth-order valence-electron chi connectivity index (χ4n) is 4.03. The van der Waals surface area contributed by atoms with Crippen molar-refractivity contribution in [3.8, 4) is 11.5 Å². The normalized spacial score (nSPS) is 38.4. The van der Waals surface area contributed by atoms with Gasteiger partial charge in [-0.2, -0.15) is 0 Å². The second kappa shape index (κ2) is 5.73. The van der Waals surface area contributed by atoms with E-state index < -0.39 is 5.67 Å². The summed E-state index contributed by atoms with van der Waals surface area (Å²) in [6.45, 7) is 3.93. The van der Waals surface area contributed by atoms with Crippen LogP contribution in [0.15, 0.2) is 18.2 Å². The molecule has 0 bridgehead atoms. The number of phenolic OH excluding ortho intramolecular Hbond substituents is 1. The maximum absolute atomic E-state index is 15.2. The lowest BCUT2D eigenvalue weighted by atomic mass is 9.69. The molecule has 0 aromatic heterocycles. The first-order valence-electron chi connectivity index (χ1n) is 8.12. The number of methoxy groups -OCH3 is 1. The molecule has 1 aromatic rings. The first-order chi connectivity index (χ1) is 10.4. The van der Waals surface area contributed by atoms with E-state index in [1.165, 1.54) is 7.11 Å². The van der Waals surface area contributed by atoms with Crippen molar-refractivity contribution in [3.63, 3.8) is 0 Å². The van der Waals surface area contributed by atoms with Gasteiger partial charge < -0.3 is 14.6 Å². The summed E-state index contributed by atoms with van der Waals surface area (Å²) in [6, 6.07) is 5.14. The lowest BCUT2D eigenvalue weighted by Gasteiger charge is -2.48. The van der Waals surface area contributed by atoms with Crippen LogP contribution in [0.25, 0.3) is 0 Å². The van der Waals surface area contributed by atoms with E-state index in [2.05, 4.69) is 6.92 Å². The molecule has 3 rings (SSSR count). The highest BCUT2D eigenvalue weighted by Gasteiger charge is 2.49. The van der Waals surface area contributed by atoms with Gasteiger partial charge in [0.15, 0.2) is 11.5 Å². The van der Waals surface area contributed by atoms with E-state index in [4.69, 9.17) is 9.47 Å². The molecule has 0 radical (unpaired) electrons. The quantitative estimate of drug-likeness (QED) is 0.880. The number of rotatable bonds is 2. The topological polar surface area (TPSA) is 38.7 Å². The van der Waals surface area contributed by atoms with Gasteiger partial charge in [0.05, 0.1) is 19.3 Å². The highest BCUT2D eigenvalue weighted by atomic mass is 19.1. The summed E-state index contributed by atoms with van der Waals surface area (Å²) in [7, 11) is 1.51. The largest absolute Gasteiger partial charge is 0.504 e. The number of benzene rings is 1. The van der Waals surface area contributed by atoms with Gasteiger partial charge in [0.2, 0.25) is 0 Å². The summed E-state index contributed by atoms with van der Waals surface area (Å²) < 4.78 is 26.6. The average molecular weight is 308 g/mol. The van der Waals surface area contributed by atoms with Crippen molar-refractivity contribution >= 4 is 0 Å². The maximum Gasteiger partial charge on any atom is 0.160 e. The van der Waals surface area contributed by atoms with Crippen molar-refractivity contribution in [2.45, 2.75) is 57.4 Å². The van der Waals surface area contributed by atoms with Crippen LogP contribution in [0.1, 0.15) is 51.2 Å². The number of halogens is 1. The lowest BCUT2D eigenvalue weighted by Crippen LogP contribution is -2.49. The molecule has 1 saturated heterocycles. The van der Waals surface area contributed by atoms with Gasteiger partial charge in [0.25, 0.3) is 0 Å². The lowest BCUT2D eigenvalue weighted by molar-refractivity contribution is -0.171. The standard InChI is InChI=1S/C18H25FO3/c1-11-4-6-13-15(8-11)22-17(10-18(13,2)19)12-5-7-14(20)16(9-12)21-3/h5,7,9,11,13,15,17,20H,4,6,8,10H2,1-3H3/t11-,13-,15-,17-,18?/m1/s1. The van der Waals surface area contributed by atoms with E-state index in [0.29, 0.717) is 18.1 Å². The molecule has 3 nitrogen and oxygen atoms in total. The van der Waals surface area contributed by atoms with Crippen LogP contribution in [0.5, 0.6) is 11.5 Å². The second-order valence-corrected chi connectivity index (χ2v) is 7.10. The van der Waals surface area contributed by atoms with Gasteiger partial charge in [-0.3, -0.25) is 0 Å². The molecular formula is C18H25FO3. The van der Waals surface area contributed by atoms with Gasteiger partial charge in [-0.25, -0.2) is 4.39 Å². The molecule has 4 heteroatoms. The zero-order valence-corrected chi connectivity index (χ0v) is 13.5. The van der Waals surface area contributed by atoms with Gasteiger partial charge in [0, 0.05) is 12.3 Å². The number of fused-ring (bicyclic) bond motifs is 1. The molecule has 1 heterocycles. The zero-order valence-electron chi connectivity index (χ0n) is 13.5. The van der Waals surface area contributed by atoms with Crippen molar-refractivity contribution in [1.29, 1.82) is 0 Å². The van der Waals surface area contributed by atoms with Crippen LogP contribution in [-0.4, -0.2) is 24.0 Å². The molecule has 122 valence electrons. The Morgan fingerprint density at radius 2 is 2.14 bits per heavy atom. The van der Waals surface area contributed by atoms with Crippen LogP contribution in [-0.2, 0) is 4.74 Å². The minimum absolute atomic E-state index is 0.000962. The summed E-state index contributed by atoms with van der Waals surface area (Å²) in [6.07, 6.45) is 2.98. The van der Waals surface area contributed by atoms with Gasteiger partial charge in [0.1, 0.15) is 5.67 Å². The second-order valence-electron chi connectivity index (χ2n) is 7.10. The van der Waals surface area contributed by atoms with Crippen LogP contribution in [0, 0.1) is 11.8 Å². The van der Waals surface area contributed by atoms with Gasteiger partial charge >= 0.3 is 0 Å².